The van der Waals surface area contributed by atoms with Crippen LogP contribution in [-0.4, -0.2) is 18.3 Å². The van der Waals surface area contributed by atoms with E-state index in [0.29, 0.717) is 0 Å². The summed E-state index contributed by atoms with van der Waals surface area (Å²) in [5.41, 5.74) is 0. The smallest absolute Gasteiger partial charge is 0.272 e. The van der Waals surface area contributed by atoms with Crippen molar-refractivity contribution >= 4 is 5.78 Å². The molecule has 1 fully saturated rings. The van der Waals surface area contributed by atoms with Crippen LogP contribution < -0.4 is 0 Å². The highest BCUT2D eigenvalue weighted by Gasteiger charge is 2.57. The third-order valence-electron chi connectivity index (χ3n) is 1.69. The zero-order valence-corrected chi connectivity index (χ0v) is 5.81. The molecule has 0 aliphatic heterocycles. The van der Waals surface area contributed by atoms with Gasteiger partial charge < -0.3 is 4.85 Å². The molecule has 1 atom stereocenters. The number of rotatable bonds is 3. The van der Waals surface area contributed by atoms with Crippen LogP contribution in [-0.2, 0) is 4.79 Å². The van der Waals surface area contributed by atoms with Crippen LogP contribution in [0.5, 0.6) is 0 Å². The van der Waals surface area contributed by atoms with Gasteiger partial charge in [0.25, 0.3) is 12.5 Å². The van der Waals surface area contributed by atoms with Crippen LogP contribution in [0.3, 0.4) is 0 Å². The number of hydrogen-bond acceptors (Lipinski definition) is 1. The third-order valence-corrected chi connectivity index (χ3v) is 1.69. The van der Waals surface area contributed by atoms with Gasteiger partial charge in [-0.2, -0.15) is 0 Å². The molecule has 1 aliphatic rings. The Balaban J connectivity index is 2.25. The molecule has 0 aromatic carbocycles. The molecule has 0 heterocycles. The second-order valence-corrected chi connectivity index (χ2v) is 2.72. The quantitative estimate of drug-likeness (QED) is 0.572. The molecule has 1 saturated carbocycles. The maximum Gasteiger partial charge on any atom is 0.272 e. The molecule has 2 nitrogen and oxygen atoms in total. The maximum absolute atomic E-state index is 12.2. The monoisotopic (exact) mass is 159 g/mol. The van der Waals surface area contributed by atoms with Gasteiger partial charge in [-0.3, -0.25) is 4.79 Å². The largest absolute Gasteiger partial charge is 0.309 e. The van der Waals surface area contributed by atoms with E-state index in [9.17, 15) is 13.6 Å². The Morgan fingerprint density at radius 2 is 2.27 bits per heavy atom. The summed E-state index contributed by atoms with van der Waals surface area (Å²) >= 11 is 0. The van der Waals surface area contributed by atoms with E-state index in [0.717, 1.165) is 0 Å². The minimum Gasteiger partial charge on any atom is -0.309 e. The topological polar surface area (TPSA) is 21.4 Å². The fourth-order valence-corrected chi connectivity index (χ4v) is 0.919. The normalized spacial score (nSPS) is 25.7. The molecule has 0 aromatic rings. The SMILES string of the molecule is [C-]#[N+]CC(=O)CC1CC1(F)F. The molecule has 1 aliphatic carbocycles. The predicted octanol–water partition coefficient (Wildman–Crippen LogP) is 1.52. The van der Waals surface area contributed by atoms with E-state index in [-0.39, 0.29) is 25.2 Å². The highest BCUT2D eigenvalue weighted by Crippen LogP contribution is 2.50. The Kier molecular flexibility index (Phi) is 1.90. The first-order chi connectivity index (χ1) is 5.06. The first-order valence-corrected chi connectivity index (χ1v) is 3.29. The number of ketones is 1. The van der Waals surface area contributed by atoms with Crippen molar-refractivity contribution in [1.82, 2.24) is 0 Å². The van der Waals surface area contributed by atoms with Gasteiger partial charge in [-0.1, -0.05) is 0 Å². The van der Waals surface area contributed by atoms with E-state index in [1.54, 1.807) is 0 Å². The molecule has 60 valence electrons. The molecule has 1 rings (SSSR count). The van der Waals surface area contributed by atoms with Crippen LogP contribution in [0.15, 0.2) is 0 Å². The van der Waals surface area contributed by atoms with Crippen molar-refractivity contribution in [2.24, 2.45) is 5.92 Å². The van der Waals surface area contributed by atoms with Gasteiger partial charge >= 0.3 is 0 Å². The van der Waals surface area contributed by atoms with Crippen molar-refractivity contribution in [3.63, 3.8) is 0 Å². The zero-order valence-electron chi connectivity index (χ0n) is 5.81. The Morgan fingerprint density at radius 3 is 2.64 bits per heavy atom. The highest BCUT2D eigenvalue weighted by atomic mass is 19.3. The molecule has 0 saturated heterocycles. The van der Waals surface area contributed by atoms with Gasteiger partial charge in [0.15, 0.2) is 0 Å². The summed E-state index contributed by atoms with van der Waals surface area (Å²) < 4.78 is 24.3. The molecule has 11 heavy (non-hydrogen) atoms. The van der Waals surface area contributed by atoms with Crippen LogP contribution in [0.1, 0.15) is 12.8 Å². The number of hydrogen-bond donors (Lipinski definition) is 0. The maximum atomic E-state index is 12.2. The van der Waals surface area contributed by atoms with Crippen molar-refractivity contribution < 1.29 is 13.6 Å². The zero-order chi connectivity index (χ0) is 8.48. The lowest BCUT2D eigenvalue weighted by Crippen LogP contribution is -2.05. The Hall–Kier alpha value is -0.980. The molecule has 0 amide bonds. The van der Waals surface area contributed by atoms with Crippen molar-refractivity contribution in [2.75, 3.05) is 6.54 Å². The summed E-state index contributed by atoms with van der Waals surface area (Å²) in [5.74, 6) is -3.78. The van der Waals surface area contributed by atoms with Gasteiger partial charge in [0.2, 0.25) is 5.78 Å². The Labute approximate surface area is 63.0 Å². The van der Waals surface area contributed by atoms with Crippen LogP contribution in [0.2, 0.25) is 0 Å². The standard InChI is InChI=1S/C7H7F2NO/c1-10-4-6(11)2-5-3-7(5,8)9/h5H,2-4H2. The van der Waals surface area contributed by atoms with Crippen LogP contribution >= 0.6 is 0 Å². The number of alkyl halides is 2. The number of halogens is 2. The second kappa shape index (κ2) is 2.57. The van der Waals surface area contributed by atoms with Crippen LogP contribution in [0.4, 0.5) is 8.78 Å². The Morgan fingerprint density at radius 1 is 1.73 bits per heavy atom. The summed E-state index contributed by atoms with van der Waals surface area (Å²) in [6, 6.07) is 0. The fourth-order valence-electron chi connectivity index (χ4n) is 0.919. The summed E-state index contributed by atoms with van der Waals surface area (Å²) in [7, 11) is 0. The van der Waals surface area contributed by atoms with E-state index in [2.05, 4.69) is 4.85 Å². The molecule has 0 radical (unpaired) electrons. The van der Waals surface area contributed by atoms with E-state index in [1.807, 2.05) is 0 Å². The highest BCUT2D eigenvalue weighted by molar-refractivity contribution is 5.82. The lowest BCUT2D eigenvalue weighted by Gasteiger charge is -1.91. The summed E-state index contributed by atoms with van der Waals surface area (Å²) in [6.07, 6.45) is -0.313. The second-order valence-electron chi connectivity index (χ2n) is 2.72. The molecule has 1 unspecified atom stereocenters. The average molecular weight is 159 g/mol. The van der Waals surface area contributed by atoms with Gasteiger partial charge in [0.05, 0.1) is 0 Å². The minimum atomic E-state index is -2.63. The van der Waals surface area contributed by atoms with Crippen LogP contribution in [0.25, 0.3) is 4.85 Å². The summed E-state index contributed by atoms with van der Waals surface area (Å²) in [5, 5.41) is 0. The molecule has 0 bridgehead atoms. The van der Waals surface area contributed by atoms with Crippen molar-refractivity contribution in [2.45, 2.75) is 18.8 Å². The van der Waals surface area contributed by atoms with E-state index >= 15 is 0 Å². The number of carbonyl (C=O) groups excluding carboxylic acids is 1. The van der Waals surface area contributed by atoms with Gasteiger partial charge in [0.1, 0.15) is 0 Å². The summed E-state index contributed by atoms with van der Waals surface area (Å²) in [4.78, 5) is 13.5. The van der Waals surface area contributed by atoms with E-state index < -0.39 is 11.8 Å². The Bertz CT molecular complexity index is 219. The predicted molar refractivity (Wildman–Crippen MR) is 34.1 cm³/mol. The van der Waals surface area contributed by atoms with Gasteiger partial charge in [-0.05, 0) is 0 Å². The van der Waals surface area contributed by atoms with Crippen molar-refractivity contribution in [3.8, 4) is 0 Å². The van der Waals surface area contributed by atoms with Crippen molar-refractivity contribution in [1.29, 1.82) is 0 Å². The first kappa shape index (κ1) is 8.12. The van der Waals surface area contributed by atoms with Gasteiger partial charge in [-0.25, -0.2) is 15.4 Å². The van der Waals surface area contributed by atoms with Gasteiger partial charge in [-0.15, -0.1) is 0 Å². The first-order valence-electron chi connectivity index (χ1n) is 3.29. The molecule has 0 aromatic heterocycles. The molecular weight excluding hydrogens is 152 g/mol. The molecule has 4 heteroatoms. The minimum absolute atomic E-state index is 0.130. The lowest BCUT2D eigenvalue weighted by molar-refractivity contribution is -0.118. The van der Waals surface area contributed by atoms with Crippen molar-refractivity contribution in [3.05, 3.63) is 11.4 Å². The molecule has 0 spiro atoms. The average Bonchev–Trinajstić information content (AvgIpc) is 2.39. The van der Waals surface area contributed by atoms with Gasteiger partial charge in [0, 0.05) is 18.8 Å². The number of carbonyl (C=O) groups is 1. The number of nitrogens with zero attached hydrogens (tertiary/aromatic N) is 1. The third kappa shape index (κ3) is 1.97. The molecular formula is C7H7F2NO. The van der Waals surface area contributed by atoms with E-state index in [4.69, 9.17) is 6.57 Å². The lowest BCUT2D eigenvalue weighted by atomic mass is 10.2. The molecule has 0 N–H and O–H groups in total. The van der Waals surface area contributed by atoms with Crippen LogP contribution in [0, 0.1) is 12.5 Å². The fraction of sp³-hybridized carbons (Fsp3) is 0.714. The van der Waals surface area contributed by atoms with E-state index in [1.165, 1.54) is 0 Å². The summed E-state index contributed by atoms with van der Waals surface area (Å²) in [6.45, 7) is 6.06. The number of Topliss-reactive ketones (excluding diaryl/α,β-unsaturated/α-hetero) is 1.